The molecule has 11 nitrogen and oxygen atoms in total. The van der Waals surface area contributed by atoms with Crippen molar-refractivity contribution in [2.24, 2.45) is 5.41 Å². The highest BCUT2D eigenvalue weighted by atomic mass is 16.6. The maximum Gasteiger partial charge on any atom is 0.410 e. The van der Waals surface area contributed by atoms with Crippen molar-refractivity contribution in [3.05, 3.63) is 42.5 Å². The molecular weight excluding hydrogens is 544 g/mol. The summed E-state index contributed by atoms with van der Waals surface area (Å²) >= 11 is 0. The molecule has 6 heterocycles. The number of piperidine rings is 2. The molecule has 7 rings (SSSR count). The number of anilines is 1. The van der Waals surface area contributed by atoms with Gasteiger partial charge in [-0.05, 0) is 71.0 Å². The topological polar surface area (TPSA) is 104 Å². The molecule has 3 aliphatic rings. The van der Waals surface area contributed by atoms with Crippen LogP contribution in [-0.2, 0) is 16.0 Å². The number of hydrogen-bond donors (Lipinski definition) is 1. The van der Waals surface area contributed by atoms with Crippen LogP contribution in [0.2, 0.25) is 0 Å². The van der Waals surface area contributed by atoms with Crippen LogP contribution in [0, 0.1) is 5.41 Å². The summed E-state index contributed by atoms with van der Waals surface area (Å²) in [5.41, 5.74) is 4.78. The van der Waals surface area contributed by atoms with Crippen LogP contribution >= 0.6 is 0 Å². The van der Waals surface area contributed by atoms with Crippen molar-refractivity contribution in [2.75, 3.05) is 57.4 Å². The van der Waals surface area contributed by atoms with Gasteiger partial charge in [0.1, 0.15) is 5.60 Å². The minimum atomic E-state index is -0.454. The molecule has 4 aromatic rings. The molecule has 3 aliphatic heterocycles. The smallest absolute Gasteiger partial charge is 0.410 e. The quantitative estimate of drug-likeness (QED) is 0.366. The SMILES string of the molecule is CC(C)(C)OC(=O)N1CCC2(CCN(Cc3cn4cc(-c5cccc6[nH]ncc56)nc(N5CCOCC5)c4n3)CC2)CC1. The van der Waals surface area contributed by atoms with Crippen LogP contribution in [0.15, 0.2) is 36.8 Å². The van der Waals surface area contributed by atoms with E-state index in [0.29, 0.717) is 18.6 Å². The predicted octanol–water partition coefficient (Wildman–Crippen LogP) is 4.72. The lowest BCUT2D eigenvalue weighted by Gasteiger charge is -2.46. The highest BCUT2D eigenvalue weighted by Gasteiger charge is 2.39. The summed E-state index contributed by atoms with van der Waals surface area (Å²) < 4.78 is 13.4. The summed E-state index contributed by atoms with van der Waals surface area (Å²) in [7, 11) is 0. The van der Waals surface area contributed by atoms with Crippen molar-refractivity contribution in [1.82, 2.24) is 34.4 Å². The number of morpholine rings is 1. The second-order valence-corrected chi connectivity index (χ2v) is 13.4. The number of carbonyl (C=O) groups is 1. The summed E-state index contributed by atoms with van der Waals surface area (Å²) in [6.45, 7) is 13.2. The van der Waals surface area contributed by atoms with Crippen molar-refractivity contribution in [3.8, 4) is 11.3 Å². The van der Waals surface area contributed by atoms with E-state index in [1.54, 1.807) is 0 Å². The number of imidazole rings is 1. The van der Waals surface area contributed by atoms with E-state index in [2.05, 4.69) is 42.9 Å². The number of likely N-dealkylation sites (tertiary alicyclic amines) is 2. The van der Waals surface area contributed by atoms with Crippen LogP contribution < -0.4 is 4.90 Å². The average Bonchev–Trinajstić information content (AvgIpc) is 3.65. The molecule has 0 saturated carbocycles. The minimum absolute atomic E-state index is 0.179. The molecule has 0 unspecified atom stereocenters. The molecule has 0 aliphatic carbocycles. The van der Waals surface area contributed by atoms with Gasteiger partial charge in [-0.15, -0.1) is 0 Å². The first-order chi connectivity index (χ1) is 20.8. The zero-order valence-corrected chi connectivity index (χ0v) is 25.5. The number of hydrogen-bond acceptors (Lipinski definition) is 8. The molecule has 43 heavy (non-hydrogen) atoms. The third-order valence-corrected chi connectivity index (χ3v) is 9.32. The highest BCUT2D eigenvalue weighted by Crippen LogP contribution is 2.42. The Balaban J connectivity index is 1.07. The van der Waals surface area contributed by atoms with Gasteiger partial charge in [0.05, 0.1) is 36.3 Å². The lowest BCUT2D eigenvalue weighted by atomic mass is 9.71. The molecule has 1 aromatic carbocycles. The largest absolute Gasteiger partial charge is 0.444 e. The fraction of sp³-hybridized carbons (Fsp3) is 0.562. The van der Waals surface area contributed by atoms with Gasteiger partial charge in [0.15, 0.2) is 11.5 Å². The molecule has 3 fully saturated rings. The third kappa shape index (κ3) is 5.80. The molecule has 1 amide bonds. The predicted molar refractivity (Wildman–Crippen MR) is 165 cm³/mol. The maximum absolute atomic E-state index is 12.6. The lowest BCUT2D eigenvalue weighted by molar-refractivity contribution is -0.00321. The molecule has 0 atom stereocenters. The van der Waals surface area contributed by atoms with Crippen molar-refractivity contribution in [3.63, 3.8) is 0 Å². The molecule has 11 heteroatoms. The maximum atomic E-state index is 12.6. The third-order valence-electron chi connectivity index (χ3n) is 9.32. The Morgan fingerprint density at radius 1 is 1.00 bits per heavy atom. The number of H-pyrrole nitrogens is 1. The first-order valence-corrected chi connectivity index (χ1v) is 15.6. The van der Waals surface area contributed by atoms with E-state index in [4.69, 9.17) is 19.4 Å². The van der Waals surface area contributed by atoms with Crippen LogP contribution in [0.5, 0.6) is 0 Å². The number of carbonyl (C=O) groups excluding carboxylic acids is 1. The molecular formula is C32H42N8O3. The fourth-order valence-corrected chi connectivity index (χ4v) is 6.82. The number of nitrogens with one attached hydrogen (secondary N) is 1. The molecule has 0 bridgehead atoms. The zero-order valence-electron chi connectivity index (χ0n) is 25.5. The highest BCUT2D eigenvalue weighted by molar-refractivity contribution is 5.93. The Labute approximate surface area is 252 Å². The number of fused-ring (bicyclic) bond motifs is 2. The van der Waals surface area contributed by atoms with E-state index in [1.807, 2.05) is 44.0 Å². The molecule has 0 radical (unpaired) electrons. The fourth-order valence-electron chi connectivity index (χ4n) is 6.82. The summed E-state index contributed by atoms with van der Waals surface area (Å²) in [4.78, 5) is 29.6. The Morgan fingerprint density at radius 2 is 1.74 bits per heavy atom. The van der Waals surface area contributed by atoms with Crippen LogP contribution in [0.3, 0.4) is 0 Å². The average molecular weight is 587 g/mol. The Hall–Kier alpha value is -3.70. The summed E-state index contributed by atoms with van der Waals surface area (Å²) in [5, 5.41) is 8.40. The van der Waals surface area contributed by atoms with Gasteiger partial charge in [0.2, 0.25) is 0 Å². The normalized spacial score (nSPS) is 19.9. The minimum Gasteiger partial charge on any atom is -0.444 e. The number of aromatic nitrogens is 5. The van der Waals surface area contributed by atoms with E-state index in [1.165, 1.54) is 0 Å². The number of ether oxygens (including phenoxy) is 2. The van der Waals surface area contributed by atoms with Crippen molar-refractivity contribution in [1.29, 1.82) is 0 Å². The van der Waals surface area contributed by atoms with Gasteiger partial charge in [0, 0.05) is 56.1 Å². The Kier molecular flexibility index (Phi) is 7.25. The second-order valence-electron chi connectivity index (χ2n) is 13.4. The molecule has 1 spiro atoms. The zero-order chi connectivity index (χ0) is 29.6. The van der Waals surface area contributed by atoms with Crippen molar-refractivity contribution in [2.45, 2.75) is 58.6 Å². The van der Waals surface area contributed by atoms with E-state index in [-0.39, 0.29) is 6.09 Å². The molecule has 3 aromatic heterocycles. The van der Waals surface area contributed by atoms with Gasteiger partial charge in [-0.25, -0.2) is 14.8 Å². The van der Waals surface area contributed by atoms with Crippen LogP contribution in [-0.4, -0.2) is 98.5 Å². The van der Waals surface area contributed by atoms with E-state index >= 15 is 0 Å². The summed E-state index contributed by atoms with van der Waals surface area (Å²) in [6.07, 6.45) is 10.4. The van der Waals surface area contributed by atoms with Crippen LogP contribution in [0.4, 0.5) is 10.6 Å². The van der Waals surface area contributed by atoms with E-state index in [9.17, 15) is 4.79 Å². The van der Waals surface area contributed by atoms with Gasteiger partial charge in [-0.2, -0.15) is 5.10 Å². The number of aromatic amines is 1. The number of benzene rings is 1. The monoisotopic (exact) mass is 586 g/mol. The summed E-state index contributed by atoms with van der Waals surface area (Å²) in [5.74, 6) is 0.905. The Morgan fingerprint density at radius 3 is 2.49 bits per heavy atom. The number of amides is 1. The van der Waals surface area contributed by atoms with Gasteiger partial charge >= 0.3 is 6.09 Å². The van der Waals surface area contributed by atoms with Gasteiger partial charge in [-0.3, -0.25) is 10.00 Å². The lowest BCUT2D eigenvalue weighted by Crippen LogP contribution is -2.49. The number of rotatable bonds is 4. The van der Waals surface area contributed by atoms with E-state index in [0.717, 1.165) is 111 Å². The molecule has 3 saturated heterocycles. The summed E-state index contributed by atoms with van der Waals surface area (Å²) in [6, 6.07) is 6.18. The van der Waals surface area contributed by atoms with Gasteiger partial charge < -0.3 is 23.7 Å². The van der Waals surface area contributed by atoms with Crippen molar-refractivity contribution >= 4 is 28.5 Å². The standard InChI is InChI=1S/C32H42N8O3/c1-31(2,3)43-30(41)39-13-9-32(10-14-39)7-11-37(12-8-32)20-23-21-40-22-27(24-5-4-6-26-25(24)19-33-36-26)35-29(28(40)34-23)38-15-17-42-18-16-38/h4-6,19,21-22H,7-18,20H2,1-3H3,(H,33,36). The first-order valence-electron chi connectivity index (χ1n) is 15.6. The molecule has 228 valence electrons. The van der Waals surface area contributed by atoms with E-state index < -0.39 is 5.60 Å². The van der Waals surface area contributed by atoms with Crippen molar-refractivity contribution < 1.29 is 14.3 Å². The molecule has 1 N–H and O–H groups in total. The van der Waals surface area contributed by atoms with Gasteiger partial charge in [-0.1, -0.05) is 12.1 Å². The Bertz CT molecular complexity index is 1600. The van der Waals surface area contributed by atoms with Gasteiger partial charge in [0.25, 0.3) is 0 Å². The van der Waals surface area contributed by atoms with Crippen LogP contribution in [0.25, 0.3) is 27.8 Å². The number of nitrogens with zero attached hydrogens (tertiary/aromatic N) is 7. The first kappa shape index (κ1) is 28.1. The van der Waals surface area contributed by atoms with Crippen LogP contribution in [0.1, 0.15) is 52.1 Å². The second kappa shape index (κ2) is 11.1.